The van der Waals surface area contributed by atoms with Crippen LogP contribution in [0.1, 0.15) is 37.9 Å². The Morgan fingerprint density at radius 3 is 2.76 bits per heavy atom. The number of aromatic nitrogens is 1. The standard InChI is InChI=1S/C25H26N2O2/c1-6-19-16(4)27-15-18-13-17-11-9-10-12-21(17)26-24(18)22(27)14-20(19)25(8-3,29-5)23(28)7-2/h7,9-14H,2,4,6,8,15H2,1,3,5H3. The third-order valence-corrected chi connectivity index (χ3v) is 6.16. The largest absolute Gasteiger partial charge is 0.365 e. The molecule has 1 aromatic heterocycles. The molecular weight excluding hydrogens is 360 g/mol. The predicted molar refractivity (Wildman–Crippen MR) is 117 cm³/mol. The first-order valence-electron chi connectivity index (χ1n) is 10.0. The zero-order valence-electron chi connectivity index (χ0n) is 17.3. The number of hydrogen-bond donors (Lipinski definition) is 0. The second kappa shape index (κ2) is 7.12. The van der Waals surface area contributed by atoms with Crippen LogP contribution in [0.25, 0.3) is 16.6 Å². The van der Waals surface area contributed by atoms with Crippen LogP contribution in [-0.2, 0) is 16.1 Å². The number of carbonyl (C=O) groups excluding carboxylic acids is 1. The van der Waals surface area contributed by atoms with E-state index < -0.39 is 5.60 Å². The Hall–Kier alpha value is -2.98. The molecule has 1 atom stereocenters. The molecule has 4 heteroatoms. The van der Waals surface area contributed by atoms with Gasteiger partial charge in [-0.1, -0.05) is 45.2 Å². The van der Waals surface area contributed by atoms with Gasteiger partial charge in [0.25, 0.3) is 0 Å². The summed E-state index contributed by atoms with van der Waals surface area (Å²) < 4.78 is 5.86. The lowest BCUT2D eigenvalue weighted by atomic mass is 9.79. The highest BCUT2D eigenvalue weighted by Gasteiger charge is 2.43. The number of fused-ring (bicyclic) bond motifs is 4. The molecule has 4 rings (SSSR count). The zero-order valence-corrected chi connectivity index (χ0v) is 17.3. The third kappa shape index (κ3) is 2.70. The van der Waals surface area contributed by atoms with E-state index in [1.165, 1.54) is 11.6 Å². The topological polar surface area (TPSA) is 42.4 Å². The van der Waals surface area contributed by atoms with Crippen LogP contribution in [0.2, 0.25) is 0 Å². The van der Waals surface area contributed by atoms with E-state index in [0.29, 0.717) is 6.42 Å². The minimum atomic E-state index is -1.06. The van der Waals surface area contributed by atoms with Crippen molar-refractivity contribution in [3.05, 3.63) is 83.7 Å². The number of rotatable bonds is 6. The van der Waals surface area contributed by atoms with Crippen LogP contribution >= 0.6 is 0 Å². The number of ether oxygens (including phenoxy) is 1. The van der Waals surface area contributed by atoms with Crippen LogP contribution < -0.4 is 0 Å². The monoisotopic (exact) mass is 386 g/mol. The molecule has 0 fully saturated rings. The van der Waals surface area contributed by atoms with Gasteiger partial charge in [-0.05, 0) is 48.3 Å². The minimum absolute atomic E-state index is 0.133. The van der Waals surface area contributed by atoms with Gasteiger partial charge in [0.1, 0.15) is 0 Å². The summed E-state index contributed by atoms with van der Waals surface area (Å²) in [6.45, 7) is 12.9. The maximum absolute atomic E-state index is 12.9. The SMILES string of the molecule is C=CC(=O)C(CC)(OC)C1=C(CC)C(=C)N2Cc3cc4ccccc4nc3C2=C1. The second-order valence-electron chi connectivity index (χ2n) is 7.45. The van der Waals surface area contributed by atoms with Gasteiger partial charge in [-0.15, -0.1) is 0 Å². The summed E-state index contributed by atoms with van der Waals surface area (Å²) in [6.07, 6.45) is 4.71. The predicted octanol–water partition coefficient (Wildman–Crippen LogP) is 5.18. The van der Waals surface area contributed by atoms with Crippen molar-refractivity contribution in [1.82, 2.24) is 9.88 Å². The molecule has 0 bridgehead atoms. The molecule has 2 aliphatic heterocycles. The van der Waals surface area contributed by atoms with Gasteiger partial charge in [0, 0.05) is 23.8 Å². The molecule has 1 aromatic carbocycles. The number of carbonyl (C=O) groups is 1. The summed E-state index contributed by atoms with van der Waals surface area (Å²) in [5.41, 5.74) is 5.82. The van der Waals surface area contributed by atoms with Crippen LogP contribution in [0.3, 0.4) is 0 Å². The molecule has 0 N–H and O–H groups in total. The molecule has 29 heavy (non-hydrogen) atoms. The van der Waals surface area contributed by atoms with Gasteiger partial charge in [0.05, 0.1) is 23.5 Å². The summed E-state index contributed by atoms with van der Waals surface area (Å²) in [6, 6.07) is 10.3. The maximum atomic E-state index is 12.9. The van der Waals surface area contributed by atoms with Crippen LogP contribution in [0.5, 0.6) is 0 Å². The van der Waals surface area contributed by atoms with Gasteiger partial charge in [-0.2, -0.15) is 0 Å². The molecule has 0 aliphatic carbocycles. The number of pyridine rings is 1. The average molecular weight is 386 g/mol. The summed E-state index contributed by atoms with van der Waals surface area (Å²) in [5.74, 6) is -0.133. The molecule has 1 unspecified atom stereocenters. The fourth-order valence-electron chi connectivity index (χ4n) is 4.59. The molecule has 148 valence electrons. The van der Waals surface area contributed by atoms with Gasteiger partial charge in [0.2, 0.25) is 0 Å². The normalized spacial score (nSPS) is 17.7. The average Bonchev–Trinajstić information content (AvgIpc) is 3.11. The molecular formula is C25H26N2O2. The highest BCUT2D eigenvalue weighted by molar-refractivity contribution is 6.01. The molecule has 0 saturated carbocycles. The third-order valence-electron chi connectivity index (χ3n) is 6.16. The summed E-state index contributed by atoms with van der Waals surface area (Å²) in [7, 11) is 1.59. The van der Waals surface area contributed by atoms with E-state index >= 15 is 0 Å². The first kappa shape index (κ1) is 19.3. The fourth-order valence-corrected chi connectivity index (χ4v) is 4.59. The van der Waals surface area contributed by atoms with E-state index in [4.69, 9.17) is 9.72 Å². The zero-order chi connectivity index (χ0) is 20.8. The molecule has 0 radical (unpaired) electrons. The lowest BCUT2D eigenvalue weighted by Crippen LogP contribution is -2.43. The Morgan fingerprint density at radius 1 is 1.34 bits per heavy atom. The lowest BCUT2D eigenvalue weighted by Gasteiger charge is -2.38. The number of hydrogen-bond acceptors (Lipinski definition) is 4. The van der Waals surface area contributed by atoms with Crippen molar-refractivity contribution in [2.45, 2.75) is 38.8 Å². The van der Waals surface area contributed by atoms with Gasteiger partial charge >= 0.3 is 0 Å². The maximum Gasteiger partial charge on any atom is 0.191 e. The second-order valence-corrected chi connectivity index (χ2v) is 7.45. The smallest absolute Gasteiger partial charge is 0.191 e. The molecule has 3 heterocycles. The molecule has 0 saturated heterocycles. The van der Waals surface area contributed by atoms with Crippen molar-refractivity contribution in [2.24, 2.45) is 0 Å². The highest BCUT2D eigenvalue weighted by atomic mass is 16.5. The number of benzene rings is 1. The quantitative estimate of drug-likeness (QED) is 0.642. The number of methoxy groups -OCH3 is 1. The number of allylic oxidation sites excluding steroid dienone is 1. The van der Waals surface area contributed by atoms with Crippen molar-refractivity contribution in [3.8, 4) is 0 Å². The first-order valence-corrected chi connectivity index (χ1v) is 10.0. The highest BCUT2D eigenvalue weighted by Crippen LogP contribution is 2.46. The summed E-state index contributed by atoms with van der Waals surface area (Å²) in [4.78, 5) is 20.1. The van der Waals surface area contributed by atoms with Crippen LogP contribution in [0.4, 0.5) is 0 Å². The first-order chi connectivity index (χ1) is 14.0. The molecule has 0 spiro atoms. The van der Waals surface area contributed by atoms with Gasteiger partial charge in [-0.25, -0.2) is 4.98 Å². The Balaban J connectivity index is 1.96. The van der Waals surface area contributed by atoms with Crippen molar-refractivity contribution >= 4 is 22.4 Å². The van der Waals surface area contributed by atoms with Crippen molar-refractivity contribution < 1.29 is 9.53 Å². The molecule has 2 aromatic rings. The fraction of sp³-hybridized carbons (Fsp3) is 0.280. The van der Waals surface area contributed by atoms with Gasteiger partial charge in [0.15, 0.2) is 11.4 Å². The lowest BCUT2D eigenvalue weighted by molar-refractivity contribution is -0.131. The van der Waals surface area contributed by atoms with Crippen LogP contribution in [0.15, 0.2) is 72.5 Å². The summed E-state index contributed by atoms with van der Waals surface area (Å²) >= 11 is 0. The number of ketones is 1. The van der Waals surface area contributed by atoms with E-state index in [0.717, 1.165) is 52.1 Å². The number of nitrogens with zero attached hydrogens (tertiary/aromatic N) is 2. The number of para-hydroxylation sites is 1. The van der Waals surface area contributed by atoms with Crippen LogP contribution in [0, 0.1) is 0 Å². The van der Waals surface area contributed by atoms with Gasteiger partial charge in [-0.3, -0.25) is 4.79 Å². The Bertz CT molecular complexity index is 1100. The summed E-state index contributed by atoms with van der Waals surface area (Å²) in [5, 5.41) is 1.13. The molecule has 2 aliphatic rings. The van der Waals surface area contributed by atoms with E-state index in [-0.39, 0.29) is 5.78 Å². The van der Waals surface area contributed by atoms with E-state index in [2.05, 4.69) is 43.2 Å². The van der Waals surface area contributed by atoms with E-state index in [1.54, 1.807) is 7.11 Å². The van der Waals surface area contributed by atoms with Crippen molar-refractivity contribution in [1.29, 1.82) is 0 Å². The van der Waals surface area contributed by atoms with Crippen molar-refractivity contribution in [3.63, 3.8) is 0 Å². The molecule has 0 amide bonds. The Labute approximate surface area is 171 Å². The molecule has 4 nitrogen and oxygen atoms in total. The minimum Gasteiger partial charge on any atom is -0.365 e. The van der Waals surface area contributed by atoms with E-state index in [9.17, 15) is 4.79 Å². The van der Waals surface area contributed by atoms with Crippen molar-refractivity contribution in [2.75, 3.05) is 7.11 Å². The van der Waals surface area contributed by atoms with Gasteiger partial charge < -0.3 is 9.64 Å². The van der Waals surface area contributed by atoms with E-state index in [1.807, 2.05) is 25.1 Å². The Morgan fingerprint density at radius 2 is 2.10 bits per heavy atom. The van der Waals surface area contributed by atoms with Crippen LogP contribution in [-0.4, -0.2) is 28.4 Å². The Kier molecular flexibility index (Phi) is 4.75.